The van der Waals surface area contributed by atoms with Crippen LogP contribution in [-0.4, -0.2) is 19.0 Å². The number of rotatable bonds is 5. The van der Waals surface area contributed by atoms with Crippen LogP contribution in [0, 0.1) is 0 Å². The fourth-order valence-corrected chi connectivity index (χ4v) is 1.30. The topological polar surface area (TPSA) is 35.2 Å². The van der Waals surface area contributed by atoms with Crippen LogP contribution in [0.2, 0.25) is 0 Å². The summed E-state index contributed by atoms with van der Waals surface area (Å²) in [4.78, 5) is 0. The summed E-state index contributed by atoms with van der Waals surface area (Å²) in [7, 11) is 0. The average molecular weight is 251 g/mol. The van der Waals surface area contributed by atoms with Crippen molar-refractivity contribution < 1.29 is 22.3 Å². The highest BCUT2D eigenvalue weighted by Gasteiger charge is 2.47. The first kappa shape index (κ1) is 13.8. The molecule has 6 heteroatoms. The molecule has 0 saturated carbocycles. The summed E-state index contributed by atoms with van der Waals surface area (Å²) in [6.45, 7) is 2.20. The molecule has 0 aliphatic rings. The van der Waals surface area contributed by atoms with Crippen molar-refractivity contribution in [3.05, 3.63) is 29.8 Å². The molecule has 1 aromatic rings. The average Bonchev–Trinajstić information content (AvgIpc) is 2.29. The van der Waals surface area contributed by atoms with Crippen LogP contribution in [0.25, 0.3) is 0 Å². The maximum Gasteiger partial charge on any atom is 0.326 e. The van der Waals surface area contributed by atoms with Crippen molar-refractivity contribution in [2.75, 3.05) is 6.61 Å². The molecule has 0 radical (unpaired) electrons. The molecular formula is C11H13F4NO. The molecule has 0 amide bonds. The third kappa shape index (κ3) is 3.09. The maximum absolute atomic E-state index is 13.0. The Morgan fingerprint density at radius 3 is 2.18 bits per heavy atom. The Morgan fingerprint density at radius 1 is 1.24 bits per heavy atom. The minimum atomic E-state index is -4.24. The molecule has 0 aliphatic carbocycles. The second-order valence-corrected chi connectivity index (χ2v) is 3.45. The SMILES string of the molecule is CCOc1ccc(C(N)C(F)(F)C(F)F)cc1. The number of alkyl halides is 4. The van der Waals surface area contributed by atoms with Gasteiger partial charge in [0.05, 0.1) is 6.61 Å². The van der Waals surface area contributed by atoms with E-state index < -0.39 is 18.4 Å². The van der Waals surface area contributed by atoms with Crippen molar-refractivity contribution in [2.24, 2.45) is 5.73 Å². The second kappa shape index (κ2) is 5.35. The lowest BCUT2D eigenvalue weighted by molar-refractivity contribution is -0.144. The monoisotopic (exact) mass is 251 g/mol. The summed E-state index contributed by atoms with van der Waals surface area (Å²) < 4.78 is 55.2. The van der Waals surface area contributed by atoms with E-state index in [1.807, 2.05) is 0 Å². The van der Waals surface area contributed by atoms with Crippen LogP contribution in [-0.2, 0) is 0 Å². The van der Waals surface area contributed by atoms with E-state index in [2.05, 4.69) is 0 Å². The molecule has 0 heterocycles. The van der Waals surface area contributed by atoms with Crippen molar-refractivity contribution in [3.8, 4) is 5.75 Å². The van der Waals surface area contributed by atoms with Gasteiger partial charge in [0.25, 0.3) is 0 Å². The Kier molecular flexibility index (Phi) is 4.34. The van der Waals surface area contributed by atoms with Gasteiger partial charge in [-0.05, 0) is 24.6 Å². The van der Waals surface area contributed by atoms with E-state index >= 15 is 0 Å². The van der Waals surface area contributed by atoms with E-state index in [0.717, 1.165) is 0 Å². The number of benzene rings is 1. The number of nitrogens with two attached hydrogens (primary N) is 1. The number of hydrogen-bond donors (Lipinski definition) is 1. The van der Waals surface area contributed by atoms with Crippen LogP contribution in [0.1, 0.15) is 18.5 Å². The molecule has 0 saturated heterocycles. The largest absolute Gasteiger partial charge is 0.494 e. The van der Waals surface area contributed by atoms with E-state index in [0.29, 0.717) is 12.4 Å². The third-order valence-corrected chi connectivity index (χ3v) is 2.26. The molecule has 0 aromatic heterocycles. The molecular weight excluding hydrogens is 238 g/mol. The molecule has 1 aromatic carbocycles. The van der Waals surface area contributed by atoms with Gasteiger partial charge >= 0.3 is 12.3 Å². The van der Waals surface area contributed by atoms with Crippen LogP contribution in [0.4, 0.5) is 17.6 Å². The van der Waals surface area contributed by atoms with Crippen LogP contribution in [0.15, 0.2) is 24.3 Å². The first-order chi connectivity index (χ1) is 7.89. The summed E-state index contributed by atoms with van der Waals surface area (Å²) in [5, 5.41) is 0. The molecule has 1 unspecified atom stereocenters. The highest BCUT2D eigenvalue weighted by molar-refractivity contribution is 5.30. The fraction of sp³-hybridized carbons (Fsp3) is 0.455. The maximum atomic E-state index is 13.0. The lowest BCUT2D eigenvalue weighted by atomic mass is 10.0. The first-order valence-electron chi connectivity index (χ1n) is 5.04. The molecule has 2 N–H and O–H groups in total. The normalized spacial score (nSPS) is 13.8. The van der Waals surface area contributed by atoms with Crippen LogP contribution >= 0.6 is 0 Å². The first-order valence-corrected chi connectivity index (χ1v) is 5.04. The molecule has 0 bridgehead atoms. The Balaban J connectivity index is 2.86. The van der Waals surface area contributed by atoms with E-state index in [1.165, 1.54) is 24.3 Å². The molecule has 0 fully saturated rings. The predicted molar refractivity (Wildman–Crippen MR) is 55.5 cm³/mol. The van der Waals surface area contributed by atoms with Crippen LogP contribution in [0.5, 0.6) is 5.75 Å². The Morgan fingerprint density at radius 2 is 1.76 bits per heavy atom. The number of hydrogen-bond acceptors (Lipinski definition) is 2. The summed E-state index contributed by atoms with van der Waals surface area (Å²) in [6.07, 6.45) is -3.79. The van der Waals surface area contributed by atoms with E-state index in [-0.39, 0.29) is 5.56 Å². The van der Waals surface area contributed by atoms with E-state index in [1.54, 1.807) is 6.92 Å². The minimum absolute atomic E-state index is 0.0567. The van der Waals surface area contributed by atoms with Gasteiger partial charge < -0.3 is 10.5 Å². The zero-order valence-corrected chi connectivity index (χ0v) is 9.17. The van der Waals surface area contributed by atoms with Crippen molar-refractivity contribution in [1.29, 1.82) is 0 Å². The standard InChI is InChI=1S/C11H13F4NO/c1-2-17-8-5-3-7(4-6-8)9(16)11(14,15)10(12)13/h3-6,9-10H,2,16H2,1H3. The van der Waals surface area contributed by atoms with Crippen molar-refractivity contribution in [3.63, 3.8) is 0 Å². The molecule has 0 aliphatic heterocycles. The summed E-state index contributed by atoms with van der Waals surface area (Å²) in [5.74, 6) is -3.77. The van der Waals surface area contributed by atoms with Gasteiger partial charge in [-0.15, -0.1) is 0 Å². The van der Waals surface area contributed by atoms with Gasteiger partial charge in [-0.1, -0.05) is 12.1 Å². The zero-order valence-electron chi connectivity index (χ0n) is 9.17. The number of ether oxygens (including phenoxy) is 1. The van der Waals surface area contributed by atoms with Crippen molar-refractivity contribution in [2.45, 2.75) is 25.3 Å². The molecule has 0 spiro atoms. The van der Waals surface area contributed by atoms with Gasteiger partial charge in [-0.2, -0.15) is 8.78 Å². The zero-order chi connectivity index (χ0) is 13.1. The second-order valence-electron chi connectivity index (χ2n) is 3.45. The van der Waals surface area contributed by atoms with Gasteiger partial charge in [0.1, 0.15) is 11.8 Å². The summed E-state index contributed by atoms with van der Waals surface area (Å²) in [5.41, 5.74) is 5.07. The summed E-state index contributed by atoms with van der Waals surface area (Å²) >= 11 is 0. The van der Waals surface area contributed by atoms with E-state index in [4.69, 9.17) is 10.5 Å². The third-order valence-electron chi connectivity index (χ3n) is 2.26. The Bertz CT molecular complexity index is 353. The molecule has 2 nitrogen and oxygen atoms in total. The minimum Gasteiger partial charge on any atom is -0.494 e. The van der Waals surface area contributed by atoms with Crippen LogP contribution in [0.3, 0.4) is 0 Å². The molecule has 1 atom stereocenters. The molecule has 1 rings (SSSR count). The Hall–Kier alpha value is -1.30. The van der Waals surface area contributed by atoms with E-state index in [9.17, 15) is 17.6 Å². The predicted octanol–water partition coefficient (Wildman–Crippen LogP) is 2.99. The van der Waals surface area contributed by atoms with Gasteiger partial charge in [0.15, 0.2) is 0 Å². The van der Waals surface area contributed by atoms with Crippen molar-refractivity contribution in [1.82, 2.24) is 0 Å². The number of halogens is 4. The quantitative estimate of drug-likeness (QED) is 0.816. The van der Waals surface area contributed by atoms with Gasteiger partial charge in [-0.25, -0.2) is 8.78 Å². The van der Waals surface area contributed by atoms with Gasteiger partial charge in [0, 0.05) is 0 Å². The molecule has 17 heavy (non-hydrogen) atoms. The van der Waals surface area contributed by atoms with Gasteiger partial charge in [-0.3, -0.25) is 0 Å². The fourth-order valence-electron chi connectivity index (χ4n) is 1.30. The lowest BCUT2D eigenvalue weighted by Gasteiger charge is -2.23. The van der Waals surface area contributed by atoms with Crippen molar-refractivity contribution >= 4 is 0 Å². The molecule has 96 valence electrons. The smallest absolute Gasteiger partial charge is 0.326 e. The Labute approximate surface area is 96.4 Å². The lowest BCUT2D eigenvalue weighted by Crippen LogP contribution is -2.39. The summed E-state index contributed by atoms with van der Waals surface area (Å²) in [6, 6.07) is 3.32. The van der Waals surface area contributed by atoms with Crippen LogP contribution < -0.4 is 10.5 Å². The highest BCUT2D eigenvalue weighted by atomic mass is 19.3. The highest BCUT2D eigenvalue weighted by Crippen LogP contribution is 2.35. The van der Waals surface area contributed by atoms with Gasteiger partial charge in [0.2, 0.25) is 0 Å².